The zero-order valence-electron chi connectivity index (χ0n) is 6.77. The molecule has 1 heterocycles. The van der Waals surface area contributed by atoms with E-state index in [0.717, 1.165) is 5.69 Å². The lowest BCUT2D eigenvalue weighted by molar-refractivity contribution is -0.135. The Morgan fingerprint density at radius 3 is 3.08 bits per heavy atom. The summed E-state index contributed by atoms with van der Waals surface area (Å²) >= 11 is 0. The predicted octanol–water partition coefficient (Wildman–Crippen LogP) is 0.908. The highest BCUT2D eigenvalue weighted by atomic mass is 16.4. The molecule has 4 nitrogen and oxygen atoms in total. The van der Waals surface area contributed by atoms with Crippen LogP contribution >= 0.6 is 0 Å². The minimum atomic E-state index is -0.831. The second-order valence-electron chi connectivity index (χ2n) is 2.46. The quantitative estimate of drug-likeness (QED) is 0.726. The minimum Gasteiger partial charge on any atom is -0.481 e. The van der Waals surface area contributed by atoms with E-state index in [1.807, 2.05) is 13.2 Å². The van der Waals surface area contributed by atoms with Crippen molar-refractivity contribution in [2.45, 2.75) is 6.42 Å². The summed E-state index contributed by atoms with van der Waals surface area (Å²) in [4.78, 5) is 14.1. The Balaban J connectivity index is 2.52. The van der Waals surface area contributed by atoms with E-state index >= 15 is 0 Å². The van der Waals surface area contributed by atoms with E-state index in [4.69, 9.17) is 5.11 Å². The average Bonchev–Trinajstić information content (AvgIpc) is 2.35. The minimum absolute atomic E-state index is 0.0383. The summed E-state index contributed by atoms with van der Waals surface area (Å²) in [7, 11) is 1.86. The van der Waals surface area contributed by atoms with Crippen molar-refractivity contribution in [2.75, 3.05) is 0 Å². The fourth-order valence-corrected chi connectivity index (χ4v) is 0.800. The van der Waals surface area contributed by atoms with Crippen molar-refractivity contribution < 1.29 is 9.90 Å². The van der Waals surface area contributed by atoms with Gasteiger partial charge in [-0.25, -0.2) is 4.98 Å². The Morgan fingerprint density at radius 1 is 1.83 bits per heavy atom. The highest BCUT2D eigenvalue weighted by Crippen LogP contribution is 1.97. The molecule has 0 atom stereocenters. The van der Waals surface area contributed by atoms with Crippen LogP contribution in [-0.4, -0.2) is 20.6 Å². The molecule has 64 valence electrons. The SMILES string of the molecule is Cn1cnc(C=CCC(=O)O)c1. The third-order valence-corrected chi connectivity index (χ3v) is 1.31. The first-order valence-corrected chi connectivity index (χ1v) is 3.55. The van der Waals surface area contributed by atoms with E-state index < -0.39 is 5.97 Å². The van der Waals surface area contributed by atoms with E-state index in [2.05, 4.69) is 4.98 Å². The average molecular weight is 166 g/mol. The fraction of sp³-hybridized carbons (Fsp3) is 0.250. The molecule has 0 bridgehead atoms. The summed E-state index contributed by atoms with van der Waals surface area (Å²) in [5.74, 6) is -0.831. The van der Waals surface area contributed by atoms with Crippen LogP contribution in [0.2, 0.25) is 0 Å². The molecule has 4 heteroatoms. The molecular weight excluding hydrogens is 156 g/mol. The van der Waals surface area contributed by atoms with Gasteiger partial charge in [-0.2, -0.15) is 0 Å². The van der Waals surface area contributed by atoms with Gasteiger partial charge in [0.1, 0.15) is 0 Å². The van der Waals surface area contributed by atoms with Crippen LogP contribution in [0.25, 0.3) is 6.08 Å². The number of nitrogens with zero attached hydrogens (tertiary/aromatic N) is 2. The summed E-state index contributed by atoms with van der Waals surface area (Å²) in [6.07, 6.45) is 6.79. The number of hydrogen-bond acceptors (Lipinski definition) is 2. The topological polar surface area (TPSA) is 55.1 Å². The number of carboxylic acid groups (broad SMARTS) is 1. The molecule has 0 fully saturated rings. The van der Waals surface area contributed by atoms with Gasteiger partial charge in [0, 0.05) is 13.2 Å². The first kappa shape index (κ1) is 8.52. The molecule has 1 aromatic heterocycles. The normalized spacial score (nSPS) is 10.8. The summed E-state index contributed by atoms with van der Waals surface area (Å²) < 4.78 is 1.81. The third-order valence-electron chi connectivity index (χ3n) is 1.31. The number of rotatable bonds is 3. The van der Waals surface area contributed by atoms with Crippen LogP contribution in [0.1, 0.15) is 12.1 Å². The fourth-order valence-electron chi connectivity index (χ4n) is 0.800. The Bertz CT molecular complexity index is 302. The van der Waals surface area contributed by atoms with Crippen LogP contribution in [0.15, 0.2) is 18.6 Å². The van der Waals surface area contributed by atoms with Gasteiger partial charge in [0.2, 0.25) is 0 Å². The summed E-state index contributed by atoms with van der Waals surface area (Å²) in [6, 6.07) is 0. The number of aryl methyl sites for hydroxylation is 1. The lowest BCUT2D eigenvalue weighted by Gasteiger charge is -1.83. The zero-order chi connectivity index (χ0) is 8.97. The number of carboxylic acids is 1. The second kappa shape index (κ2) is 3.71. The number of imidazole rings is 1. The molecule has 0 spiro atoms. The standard InChI is InChI=1S/C8H10N2O2/c1-10-5-7(9-6-10)3-2-4-8(11)12/h2-3,5-6H,4H2,1H3,(H,11,12). The van der Waals surface area contributed by atoms with Crippen molar-refractivity contribution in [2.24, 2.45) is 7.05 Å². The van der Waals surface area contributed by atoms with Crippen LogP contribution in [0.4, 0.5) is 0 Å². The molecule has 0 amide bonds. The Labute approximate surface area is 70.2 Å². The van der Waals surface area contributed by atoms with Crippen LogP contribution in [0, 0.1) is 0 Å². The number of carbonyl (C=O) groups is 1. The first-order valence-electron chi connectivity index (χ1n) is 3.55. The van der Waals surface area contributed by atoms with E-state index in [0.29, 0.717) is 0 Å². The van der Waals surface area contributed by atoms with Crippen LogP contribution in [-0.2, 0) is 11.8 Å². The van der Waals surface area contributed by atoms with Gasteiger partial charge in [0.05, 0.1) is 18.4 Å². The second-order valence-corrected chi connectivity index (χ2v) is 2.46. The van der Waals surface area contributed by atoms with Crippen molar-refractivity contribution in [3.8, 4) is 0 Å². The highest BCUT2D eigenvalue weighted by molar-refractivity contribution is 5.70. The summed E-state index contributed by atoms with van der Waals surface area (Å²) in [6.45, 7) is 0. The monoisotopic (exact) mass is 166 g/mol. The van der Waals surface area contributed by atoms with E-state index in [-0.39, 0.29) is 6.42 Å². The molecule has 0 aliphatic rings. The smallest absolute Gasteiger partial charge is 0.307 e. The molecule has 1 N–H and O–H groups in total. The first-order chi connectivity index (χ1) is 5.68. The van der Waals surface area contributed by atoms with Crippen molar-refractivity contribution in [3.63, 3.8) is 0 Å². The zero-order valence-corrected chi connectivity index (χ0v) is 6.77. The Kier molecular flexibility index (Phi) is 2.63. The lowest BCUT2D eigenvalue weighted by Crippen LogP contribution is -1.89. The van der Waals surface area contributed by atoms with E-state index in [1.54, 1.807) is 23.0 Å². The van der Waals surface area contributed by atoms with Crippen LogP contribution < -0.4 is 0 Å². The van der Waals surface area contributed by atoms with Gasteiger partial charge in [0.15, 0.2) is 0 Å². The summed E-state index contributed by atoms with van der Waals surface area (Å²) in [5, 5.41) is 8.32. The molecule has 12 heavy (non-hydrogen) atoms. The van der Waals surface area contributed by atoms with Gasteiger partial charge in [0.25, 0.3) is 0 Å². The lowest BCUT2D eigenvalue weighted by atomic mass is 10.3. The molecular formula is C8H10N2O2. The third kappa shape index (κ3) is 2.57. The molecule has 0 radical (unpaired) electrons. The number of aromatic nitrogens is 2. The molecule has 0 unspecified atom stereocenters. The maximum absolute atomic E-state index is 10.1. The van der Waals surface area contributed by atoms with Crippen LogP contribution in [0.3, 0.4) is 0 Å². The van der Waals surface area contributed by atoms with Gasteiger partial charge < -0.3 is 9.67 Å². The maximum atomic E-state index is 10.1. The van der Waals surface area contributed by atoms with Crippen LogP contribution in [0.5, 0.6) is 0 Å². The van der Waals surface area contributed by atoms with Crippen molar-refractivity contribution >= 4 is 12.0 Å². The Hall–Kier alpha value is -1.58. The van der Waals surface area contributed by atoms with Crippen molar-refractivity contribution in [1.29, 1.82) is 0 Å². The van der Waals surface area contributed by atoms with Crippen molar-refractivity contribution in [3.05, 3.63) is 24.3 Å². The Morgan fingerprint density at radius 2 is 2.58 bits per heavy atom. The molecule has 0 aliphatic carbocycles. The molecule has 0 saturated carbocycles. The van der Waals surface area contributed by atoms with Gasteiger partial charge in [-0.1, -0.05) is 6.08 Å². The summed E-state index contributed by atoms with van der Waals surface area (Å²) in [5.41, 5.74) is 0.777. The van der Waals surface area contributed by atoms with Gasteiger partial charge in [-0.15, -0.1) is 0 Å². The molecule has 1 rings (SSSR count). The van der Waals surface area contributed by atoms with Gasteiger partial charge >= 0.3 is 5.97 Å². The number of aliphatic carboxylic acids is 1. The van der Waals surface area contributed by atoms with Gasteiger partial charge in [-0.05, 0) is 6.08 Å². The van der Waals surface area contributed by atoms with Crippen molar-refractivity contribution in [1.82, 2.24) is 9.55 Å². The molecule has 1 aromatic rings. The van der Waals surface area contributed by atoms with E-state index in [9.17, 15) is 4.79 Å². The predicted molar refractivity (Wildman–Crippen MR) is 44.5 cm³/mol. The molecule has 0 aliphatic heterocycles. The highest BCUT2D eigenvalue weighted by Gasteiger charge is 1.92. The molecule has 0 aromatic carbocycles. The molecule has 0 saturated heterocycles. The maximum Gasteiger partial charge on any atom is 0.307 e. The van der Waals surface area contributed by atoms with Gasteiger partial charge in [-0.3, -0.25) is 4.79 Å². The largest absolute Gasteiger partial charge is 0.481 e. The number of hydrogen-bond donors (Lipinski definition) is 1. The van der Waals surface area contributed by atoms with E-state index in [1.165, 1.54) is 0 Å².